The van der Waals surface area contributed by atoms with Crippen molar-refractivity contribution in [2.45, 2.75) is 11.1 Å². The van der Waals surface area contributed by atoms with E-state index in [0.717, 1.165) is 11.3 Å². The molecule has 120 valence electrons. The molecule has 0 aliphatic heterocycles. The number of aryl methyl sites for hydroxylation is 1. The van der Waals surface area contributed by atoms with Crippen LogP contribution in [0.3, 0.4) is 0 Å². The van der Waals surface area contributed by atoms with Crippen molar-refractivity contribution in [3.8, 4) is 0 Å². The Morgan fingerprint density at radius 2 is 1.81 bits per heavy atom. The van der Waals surface area contributed by atoms with E-state index in [4.69, 9.17) is 14.6 Å². The number of methoxy groups -OCH3 is 2. The summed E-state index contributed by atoms with van der Waals surface area (Å²) in [5.74, 6) is -1.13. The van der Waals surface area contributed by atoms with Gasteiger partial charge in [-0.15, -0.1) is 11.3 Å². The van der Waals surface area contributed by atoms with Crippen LogP contribution in [-0.4, -0.2) is 64.3 Å². The third-order valence-electron chi connectivity index (χ3n) is 2.77. The predicted octanol–water partition coefficient (Wildman–Crippen LogP) is 1.04. The lowest BCUT2D eigenvalue weighted by Gasteiger charge is -2.20. The van der Waals surface area contributed by atoms with Crippen LogP contribution in [0.1, 0.15) is 15.2 Å². The van der Waals surface area contributed by atoms with Gasteiger partial charge in [-0.25, -0.2) is 13.2 Å². The lowest BCUT2D eigenvalue weighted by Crippen LogP contribution is -2.36. The molecule has 1 aromatic rings. The number of hydrogen-bond donors (Lipinski definition) is 1. The molecule has 1 N–H and O–H groups in total. The zero-order valence-corrected chi connectivity index (χ0v) is 13.8. The van der Waals surface area contributed by atoms with Gasteiger partial charge < -0.3 is 14.6 Å². The summed E-state index contributed by atoms with van der Waals surface area (Å²) in [6.45, 7) is 2.44. The lowest BCUT2D eigenvalue weighted by atomic mass is 10.3. The van der Waals surface area contributed by atoms with Gasteiger partial charge in [0.2, 0.25) is 0 Å². The van der Waals surface area contributed by atoms with Crippen LogP contribution in [-0.2, 0) is 19.5 Å². The van der Waals surface area contributed by atoms with Crippen molar-refractivity contribution >= 4 is 27.3 Å². The number of ether oxygens (including phenoxy) is 2. The highest BCUT2D eigenvalue weighted by Gasteiger charge is 2.28. The molecule has 9 heteroatoms. The second-order valence-electron chi connectivity index (χ2n) is 4.27. The first kappa shape index (κ1) is 18.1. The number of carboxylic acids is 1. The molecular weight excluding hydrogens is 318 g/mol. The van der Waals surface area contributed by atoms with Crippen molar-refractivity contribution in [2.24, 2.45) is 0 Å². The van der Waals surface area contributed by atoms with Gasteiger partial charge in [0.05, 0.1) is 13.2 Å². The molecule has 0 radical (unpaired) electrons. The fourth-order valence-electron chi connectivity index (χ4n) is 1.66. The average molecular weight is 337 g/mol. The van der Waals surface area contributed by atoms with Crippen molar-refractivity contribution in [2.75, 3.05) is 40.5 Å². The molecule has 1 aromatic heterocycles. The van der Waals surface area contributed by atoms with Crippen LogP contribution in [0.15, 0.2) is 10.3 Å². The Balaban J connectivity index is 3.09. The van der Waals surface area contributed by atoms with E-state index in [1.165, 1.54) is 24.6 Å². The molecule has 0 saturated heterocycles. The molecule has 0 aromatic carbocycles. The number of rotatable bonds is 9. The minimum Gasteiger partial charge on any atom is -0.477 e. The van der Waals surface area contributed by atoms with Crippen molar-refractivity contribution in [1.29, 1.82) is 0 Å². The summed E-state index contributed by atoms with van der Waals surface area (Å²) in [5, 5.41) is 9.03. The third-order valence-corrected chi connectivity index (χ3v) is 6.35. The summed E-state index contributed by atoms with van der Waals surface area (Å²) in [4.78, 5) is 11.1. The summed E-state index contributed by atoms with van der Waals surface area (Å²) in [5.41, 5.74) is 0.435. The Bertz CT molecular complexity index is 573. The van der Waals surface area contributed by atoms with E-state index >= 15 is 0 Å². The number of sulfonamides is 1. The molecule has 1 rings (SSSR count). The van der Waals surface area contributed by atoms with Gasteiger partial charge in [-0.05, 0) is 18.6 Å². The van der Waals surface area contributed by atoms with Crippen LogP contribution in [0, 0.1) is 6.92 Å². The lowest BCUT2D eigenvalue weighted by molar-refractivity contribution is 0.0701. The van der Waals surface area contributed by atoms with E-state index in [-0.39, 0.29) is 35.4 Å². The van der Waals surface area contributed by atoms with Crippen LogP contribution in [0.2, 0.25) is 0 Å². The number of hydrogen-bond acceptors (Lipinski definition) is 6. The van der Waals surface area contributed by atoms with E-state index in [2.05, 4.69) is 0 Å². The van der Waals surface area contributed by atoms with Gasteiger partial charge in [-0.3, -0.25) is 0 Å². The van der Waals surface area contributed by atoms with Gasteiger partial charge in [0.15, 0.2) is 0 Å². The molecule has 0 aliphatic rings. The Kier molecular flexibility index (Phi) is 6.75. The number of aromatic carboxylic acids is 1. The zero-order chi connectivity index (χ0) is 16.0. The first-order valence-corrected chi connectivity index (χ1v) is 8.42. The summed E-state index contributed by atoms with van der Waals surface area (Å²) in [6, 6.07) is 1.38. The number of carboxylic acid groups (broad SMARTS) is 1. The van der Waals surface area contributed by atoms with Gasteiger partial charge in [0.25, 0.3) is 10.0 Å². The van der Waals surface area contributed by atoms with Crippen LogP contribution < -0.4 is 0 Å². The summed E-state index contributed by atoms with van der Waals surface area (Å²) in [6.07, 6.45) is 0. The molecule has 0 fully saturated rings. The Labute approximate surface area is 128 Å². The monoisotopic (exact) mass is 337 g/mol. The van der Waals surface area contributed by atoms with Crippen LogP contribution >= 0.6 is 11.3 Å². The zero-order valence-electron chi connectivity index (χ0n) is 12.2. The molecule has 7 nitrogen and oxygen atoms in total. The van der Waals surface area contributed by atoms with E-state index < -0.39 is 16.0 Å². The highest BCUT2D eigenvalue weighted by atomic mass is 32.2. The normalized spacial score (nSPS) is 12.0. The fourth-order valence-corrected chi connectivity index (χ4v) is 4.60. The van der Waals surface area contributed by atoms with Crippen LogP contribution in [0.4, 0.5) is 0 Å². The van der Waals surface area contributed by atoms with Crippen molar-refractivity contribution in [1.82, 2.24) is 4.31 Å². The molecule has 0 aliphatic carbocycles. The largest absolute Gasteiger partial charge is 0.477 e. The summed E-state index contributed by atoms with van der Waals surface area (Å²) in [7, 11) is -0.782. The molecule has 0 amide bonds. The van der Waals surface area contributed by atoms with E-state index in [9.17, 15) is 13.2 Å². The van der Waals surface area contributed by atoms with Crippen molar-refractivity contribution in [3.63, 3.8) is 0 Å². The minimum atomic E-state index is -3.75. The van der Waals surface area contributed by atoms with Crippen LogP contribution in [0.25, 0.3) is 0 Å². The Morgan fingerprint density at radius 3 is 2.19 bits per heavy atom. The molecule has 0 unspecified atom stereocenters. The second kappa shape index (κ2) is 7.85. The van der Waals surface area contributed by atoms with E-state index in [0.29, 0.717) is 5.56 Å². The topological polar surface area (TPSA) is 93.1 Å². The number of thiophene rings is 1. The molecule has 1 heterocycles. The molecule has 0 spiro atoms. The highest BCUT2D eigenvalue weighted by Crippen LogP contribution is 2.28. The fraction of sp³-hybridized carbons (Fsp3) is 0.583. The van der Waals surface area contributed by atoms with Crippen LogP contribution in [0.5, 0.6) is 0 Å². The highest BCUT2D eigenvalue weighted by molar-refractivity contribution is 7.91. The van der Waals surface area contributed by atoms with Gasteiger partial charge in [-0.2, -0.15) is 4.31 Å². The maximum absolute atomic E-state index is 12.6. The molecule has 21 heavy (non-hydrogen) atoms. The predicted molar refractivity (Wildman–Crippen MR) is 78.5 cm³/mol. The van der Waals surface area contributed by atoms with E-state index in [1.807, 2.05) is 0 Å². The number of carbonyl (C=O) groups is 1. The smallest absolute Gasteiger partial charge is 0.346 e. The van der Waals surface area contributed by atoms with E-state index in [1.54, 1.807) is 6.92 Å². The maximum atomic E-state index is 12.6. The van der Waals surface area contributed by atoms with Crippen molar-refractivity contribution < 1.29 is 27.8 Å². The Morgan fingerprint density at radius 1 is 1.29 bits per heavy atom. The number of nitrogens with zero attached hydrogens (tertiary/aromatic N) is 1. The quantitative estimate of drug-likeness (QED) is 0.724. The molecule has 0 saturated carbocycles. The first-order valence-electron chi connectivity index (χ1n) is 6.16. The van der Waals surface area contributed by atoms with Crippen molar-refractivity contribution in [3.05, 3.63) is 16.5 Å². The summed E-state index contributed by atoms with van der Waals surface area (Å²) < 4.78 is 36.2. The average Bonchev–Trinajstić information content (AvgIpc) is 2.81. The molecule has 0 bridgehead atoms. The minimum absolute atomic E-state index is 0.0182. The standard InChI is InChI=1S/C12H19NO6S2/c1-9-8-10(20-11(9)12(14)15)21(16,17)13(4-6-18-2)5-7-19-3/h8H,4-7H2,1-3H3,(H,14,15). The first-order chi connectivity index (χ1) is 9.84. The second-order valence-corrected chi connectivity index (χ2v) is 7.49. The van der Waals surface area contributed by atoms with Gasteiger partial charge in [0.1, 0.15) is 9.09 Å². The van der Waals surface area contributed by atoms with Gasteiger partial charge >= 0.3 is 5.97 Å². The van der Waals surface area contributed by atoms with Gasteiger partial charge in [0, 0.05) is 27.3 Å². The molecule has 0 atom stereocenters. The Hall–Kier alpha value is -1.00. The van der Waals surface area contributed by atoms with Gasteiger partial charge in [-0.1, -0.05) is 0 Å². The third kappa shape index (κ3) is 4.48. The maximum Gasteiger partial charge on any atom is 0.346 e. The summed E-state index contributed by atoms with van der Waals surface area (Å²) >= 11 is 0.759. The SMILES string of the molecule is COCCN(CCOC)S(=O)(=O)c1cc(C)c(C(=O)O)s1. The molecular formula is C12H19NO6S2.